The van der Waals surface area contributed by atoms with E-state index in [2.05, 4.69) is 30.6 Å². The number of hydrogen-bond donors (Lipinski definition) is 2. The average Bonchev–Trinajstić information content (AvgIpc) is 3.06. The highest BCUT2D eigenvalue weighted by atomic mass is 127. The molecule has 0 aliphatic carbocycles. The Morgan fingerprint density at radius 1 is 1.03 bits per heavy atom. The normalized spacial score (nSPS) is 11.2. The first-order chi connectivity index (χ1) is 14.5. The van der Waals surface area contributed by atoms with Crippen LogP contribution in [0.5, 0.6) is 5.75 Å². The summed E-state index contributed by atoms with van der Waals surface area (Å²) in [5.41, 5.74) is 1.65. The summed E-state index contributed by atoms with van der Waals surface area (Å²) in [5, 5.41) is 14.6. The molecule has 1 heterocycles. The molecule has 0 aliphatic rings. The molecule has 0 spiro atoms. The first-order valence-electron chi connectivity index (χ1n) is 9.46. The van der Waals surface area contributed by atoms with E-state index in [4.69, 9.17) is 0 Å². The first kappa shape index (κ1) is 24.5. The highest BCUT2D eigenvalue weighted by molar-refractivity contribution is 14.0. The van der Waals surface area contributed by atoms with Gasteiger partial charge in [0.15, 0.2) is 11.8 Å². The van der Waals surface area contributed by atoms with Crippen LogP contribution < -0.4 is 15.4 Å². The van der Waals surface area contributed by atoms with Gasteiger partial charge in [0.25, 0.3) is 0 Å². The Hall–Kier alpha value is -2.76. The van der Waals surface area contributed by atoms with Crippen LogP contribution in [0.15, 0.2) is 59.6 Å². The minimum Gasteiger partial charge on any atom is -0.434 e. The lowest BCUT2D eigenvalue weighted by molar-refractivity contribution is -0.0504. The Labute approximate surface area is 197 Å². The van der Waals surface area contributed by atoms with Gasteiger partial charge in [0.1, 0.15) is 11.6 Å². The van der Waals surface area contributed by atoms with E-state index in [9.17, 15) is 8.78 Å². The second-order valence-corrected chi connectivity index (χ2v) is 6.57. The maximum absolute atomic E-state index is 12.7. The molecule has 7 nitrogen and oxygen atoms in total. The van der Waals surface area contributed by atoms with E-state index in [1.165, 1.54) is 6.07 Å². The number of alkyl halides is 2. The van der Waals surface area contributed by atoms with Crippen molar-refractivity contribution in [2.75, 3.05) is 0 Å². The number of ether oxygens (including phenoxy) is 1. The third kappa shape index (κ3) is 7.46. The van der Waals surface area contributed by atoms with Gasteiger partial charge in [-0.2, -0.15) is 8.78 Å². The molecule has 0 saturated heterocycles. The molecule has 3 aromatic rings. The van der Waals surface area contributed by atoms with E-state index in [1.54, 1.807) is 18.2 Å². The Kier molecular flexibility index (Phi) is 9.63. The van der Waals surface area contributed by atoms with Gasteiger partial charge in [-0.25, -0.2) is 4.99 Å². The van der Waals surface area contributed by atoms with Gasteiger partial charge in [0.05, 0.1) is 13.1 Å². The molecule has 0 saturated carbocycles. The molecule has 0 fully saturated rings. The van der Waals surface area contributed by atoms with E-state index < -0.39 is 6.61 Å². The Morgan fingerprint density at radius 2 is 1.71 bits per heavy atom. The quantitative estimate of drug-likeness (QED) is 0.258. The van der Waals surface area contributed by atoms with Crippen LogP contribution in [0.25, 0.3) is 0 Å². The number of halogens is 3. The highest BCUT2D eigenvalue weighted by Gasteiger charge is 2.11. The molecule has 2 aromatic carbocycles. The average molecular weight is 542 g/mol. The van der Waals surface area contributed by atoms with Crippen molar-refractivity contribution in [2.45, 2.75) is 33.2 Å². The molecule has 2 N–H and O–H groups in total. The summed E-state index contributed by atoms with van der Waals surface area (Å²) in [6, 6.07) is 16.5. The number of nitrogens with zero attached hydrogens (tertiary/aromatic N) is 4. The number of rotatable bonds is 8. The number of guanidine groups is 1. The molecule has 0 aliphatic heterocycles. The van der Waals surface area contributed by atoms with Crippen molar-refractivity contribution >= 4 is 29.9 Å². The summed E-state index contributed by atoms with van der Waals surface area (Å²) in [7, 11) is 1.89. The summed E-state index contributed by atoms with van der Waals surface area (Å²) >= 11 is 0. The van der Waals surface area contributed by atoms with E-state index >= 15 is 0 Å². The zero-order valence-corrected chi connectivity index (χ0v) is 19.6. The third-order valence-corrected chi connectivity index (χ3v) is 4.49. The molecule has 31 heavy (non-hydrogen) atoms. The molecule has 0 unspecified atom stereocenters. The summed E-state index contributed by atoms with van der Waals surface area (Å²) in [6.45, 7) is 0.131. The van der Waals surface area contributed by atoms with Crippen LogP contribution >= 0.6 is 24.0 Å². The minimum atomic E-state index is -2.88. The van der Waals surface area contributed by atoms with Crippen LogP contribution in [-0.4, -0.2) is 27.3 Å². The topological polar surface area (TPSA) is 76.4 Å². The SMILES string of the molecule is Cc1nnc(CNC(=NCc2ccccc2)NCc2ccccc2OC(F)F)n1C.I. The van der Waals surface area contributed by atoms with Crippen LogP contribution in [0, 0.1) is 6.92 Å². The van der Waals surface area contributed by atoms with Gasteiger partial charge in [-0.15, -0.1) is 34.2 Å². The van der Waals surface area contributed by atoms with E-state index in [-0.39, 0.29) is 36.3 Å². The first-order valence-corrected chi connectivity index (χ1v) is 9.46. The molecule has 0 amide bonds. The van der Waals surface area contributed by atoms with Gasteiger partial charge >= 0.3 is 6.61 Å². The standard InChI is InChI=1S/C21H24F2N6O.HI/c1-15-27-28-19(29(15)2)14-26-21(24-12-16-8-4-3-5-9-16)25-13-17-10-6-7-11-18(17)30-20(22)23;/h3-11,20H,12-14H2,1-2H3,(H2,24,25,26);1H. The van der Waals surface area contributed by atoms with Crippen LogP contribution in [-0.2, 0) is 26.7 Å². The van der Waals surface area contributed by atoms with Gasteiger partial charge in [-0.1, -0.05) is 48.5 Å². The molecule has 166 valence electrons. The number of aliphatic imine (C=N–C) groups is 1. The fraction of sp³-hybridized carbons (Fsp3) is 0.286. The van der Waals surface area contributed by atoms with Crippen LogP contribution in [0.1, 0.15) is 22.8 Å². The molecular weight excluding hydrogens is 517 g/mol. The largest absolute Gasteiger partial charge is 0.434 e. The molecule has 0 bridgehead atoms. The van der Waals surface area contributed by atoms with Gasteiger partial charge in [-0.3, -0.25) is 0 Å². The Balaban J connectivity index is 0.00000341. The number of aromatic nitrogens is 3. The number of para-hydroxylation sites is 1. The Morgan fingerprint density at radius 3 is 2.39 bits per heavy atom. The van der Waals surface area contributed by atoms with Gasteiger partial charge in [-0.05, 0) is 18.6 Å². The summed E-state index contributed by atoms with van der Waals surface area (Å²) in [6.07, 6.45) is 0. The fourth-order valence-electron chi connectivity index (χ4n) is 2.74. The highest BCUT2D eigenvalue weighted by Crippen LogP contribution is 2.19. The predicted octanol–water partition coefficient (Wildman–Crippen LogP) is 3.78. The van der Waals surface area contributed by atoms with Crippen molar-refractivity contribution in [2.24, 2.45) is 12.0 Å². The van der Waals surface area contributed by atoms with Gasteiger partial charge in [0.2, 0.25) is 0 Å². The number of hydrogen-bond acceptors (Lipinski definition) is 4. The molecule has 3 rings (SSSR count). The van der Waals surface area contributed by atoms with E-state index in [0.29, 0.717) is 24.6 Å². The van der Waals surface area contributed by atoms with Gasteiger partial charge < -0.3 is 19.9 Å². The Bertz CT molecular complexity index is 981. The van der Waals surface area contributed by atoms with E-state index in [0.717, 1.165) is 17.2 Å². The lowest BCUT2D eigenvalue weighted by Gasteiger charge is -2.15. The van der Waals surface area contributed by atoms with Crippen molar-refractivity contribution in [3.8, 4) is 5.75 Å². The maximum atomic E-state index is 12.7. The lowest BCUT2D eigenvalue weighted by atomic mass is 10.2. The lowest BCUT2D eigenvalue weighted by Crippen LogP contribution is -2.37. The predicted molar refractivity (Wildman–Crippen MR) is 125 cm³/mol. The van der Waals surface area contributed by atoms with Crippen LogP contribution in [0.2, 0.25) is 0 Å². The summed E-state index contributed by atoms with van der Waals surface area (Å²) in [4.78, 5) is 4.60. The second-order valence-electron chi connectivity index (χ2n) is 6.57. The van der Waals surface area contributed by atoms with Crippen molar-refractivity contribution in [1.29, 1.82) is 0 Å². The number of aryl methyl sites for hydroxylation is 1. The van der Waals surface area contributed by atoms with Gasteiger partial charge in [0, 0.05) is 19.2 Å². The summed E-state index contributed by atoms with van der Waals surface area (Å²) < 4.78 is 31.8. The minimum absolute atomic E-state index is 0. The maximum Gasteiger partial charge on any atom is 0.387 e. The molecule has 10 heteroatoms. The number of nitrogens with one attached hydrogen (secondary N) is 2. The van der Waals surface area contributed by atoms with Crippen molar-refractivity contribution in [3.05, 3.63) is 77.4 Å². The second kappa shape index (κ2) is 12.2. The van der Waals surface area contributed by atoms with Crippen LogP contribution in [0.4, 0.5) is 8.78 Å². The number of benzene rings is 2. The zero-order valence-electron chi connectivity index (χ0n) is 17.3. The third-order valence-electron chi connectivity index (χ3n) is 4.49. The molecule has 0 atom stereocenters. The van der Waals surface area contributed by atoms with Crippen molar-refractivity contribution in [1.82, 2.24) is 25.4 Å². The molecule has 0 radical (unpaired) electrons. The smallest absolute Gasteiger partial charge is 0.387 e. The fourth-order valence-corrected chi connectivity index (χ4v) is 2.74. The van der Waals surface area contributed by atoms with Crippen LogP contribution in [0.3, 0.4) is 0 Å². The van der Waals surface area contributed by atoms with Crippen molar-refractivity contribution < 1.29 is 13.5 Å². The monoisotopic (exact) mass is 542 g/mol. The van der Waals surface area contributed by atoms with Crippen molar-refractivity contribution in [3.63, 3.8) is 0 Å². The van der Waals surface area contributed by atoms with E-state index in [1.807, 2.05) is 48.9 Å². The molecule has 1 aromatic heterocycles. The summed E-state index contributed by atoms with van der Waals surface area (Å²) in [5.74, 6) is 2.21. The zero-order chi connectivity index (χ0) is 21.3. The molecular formula is C21H25F2IN6O.